The predicted octanol–water partition coefficient (Wildman–Crippen LogP) is 3.86. The lowest BCUT2D eigenvalue weighted by Crippen LogP contribution is -2.22. The molecule has 0 spiro atoms. The number of rotatable bonds is 6. The second kappa shape index (κ2) is 8.22. The highest BCUT2D eigenvalue weighted by atomic mass is 32.2. The average Bonchev–Trinajstić information content (AvgIpc) is 2.39. The summed E-state index contributed by atoms with van der Waals surface area (Å²) in [7, 11) is 0. The van der Waals surface area contributed by atoms with Crippen molar-refractivity contribution in [3.05, 3.63) is 29.8 Å². The Hall–Kier alpha value is -0.910. The summed E-state index contributed by atoms with van der Waals surface area (Å²) in [6.07, 6.45) is 4.16. The molecule has 17 heavy (non-hydrogen) atoms. The normalized spacial score (nSPS) is 11.7. The van der Waals surface area contributed by atoms with E-state index in [-0.39, 0.29) is 0 Å². The summed E-state index contributed by atoms with van der Waals surface area (Å²) < 4.78 is 0. The van der Waals surface area contributed by atoms with E-state index in [1.54, 1.807) is 11.8 Å². The quantitative estimate of drug-likeness (QED) is 0.605. The molecule has 0 aliphatic heterocycles. The van der Waals surface area contributed by atoms with Crippen LogP contribution >= 0.6 is 11.8 Å². The molecule has 0 saturated carbocycles. The van der Waals surface area contributed by atoms with Crippen molar-refractivity contribution in [1.29, 1.82) is 0 Å². The van der Waals surface area contributed by atoms with Gasteiger partial charge in [-0.05, 0) is 37.8 Å². The summed E-state index contributed by atoms with van der Waals surface area (Å²) in [4.78, 5) is 1.35. The molecule has 0 aromatic heterocycles. The van der Waals surface area contributed by atoms with Crippen molar-refractivity contribution in [2.45, 2.75) is 37.6 Å². The van der Waals surface area contributed by atoms with Gasteiger partial charge in [0.05, 0.1) is 0 Å². The van der Waals surface area contributed by atoms with E-state index >= 15 is 0 Å². The molecule has 1 nitrogen and oxygen atoms in total. The van der Waals surface area contributed by atoms with Gasteiger partial charge in [-0.25, -0.2) is 0 Å². The van der Waals surface area contributed by atoms with Gasteiger partial charge in [-0.1, -0.05) is 25.1 Å². The monoisotopic (exact) mass is 247 g/mol. The van der Waals surface area contributed by atoms with Gasteiger partial charge in [-0.15, -0.1) is 23.6 Å². The Morgan fingerprint density at radius 3 is 2.76 bits per heavy atom. The second-order valence-corrected chi connectivity index (χ2v) is 4.73. The van der Waals surface area contributed by atoms with Crippen LogP contribution in [0.15, 0.2) is 29.2 Å². The highest BCUT2D eigenvalue weighted by molar-refractivity contribution is 7.98. The van der Waals surface area contributed by atoms with Gasteiger partial charge in [0.1, 0.15) is 0 Å². The average molecular weight is 247 g/mol. The largest absolute Gasteiger partial charge is 0.309 e. The molecule has 2 heteroatoms. The summed E-state index contributed by atoms with van der Waals surface area (Å²) in [5.74, 6) is 6.17. The highest BCUT2D eigenvalue weighted by Crippen LogP contribution is 2.27. The second-order valence-electron chi connectivity index (χ2n) is 3.88. The minimum Gasteiger partial charge on any atom is -0.309 e. The Morgan fingerprint density at radius 2 is 2.12 bits per heavy atom. The summed E-state index contributed by atoms with van der Waals surface area (Å²) in [5, 5.41) is 3.58. The lowest BCUT2D eigenvalue weighted by molar-refractivity contribution is 0.536. The van der Waals surface area contributed by atoms with E-state index in [1.807, 2.05) is 6.92 Å². The first kappa shape index (κ1) is 14.2. The molecule has 1 unspecified atom stereocenters. The molecule has 0 amide bonds. The highest BCUT2D eigenvalue weighted by Gasteiger charge is 2.12. The van der Waals surface area contributed by atoms with E-state index in [0.29, 0.717) is 6.04 Å². The number of thioether (sulfide) groups is 1. The van der Waals surface area contributed by atoms with Gasteiger partial charge in [0, 0.05) is 17.4 Å². The van der Waals surface area contributed by atoms with E-state index < -0.39 is 0 Å². The van der Waals surface area contributed by atoms with Gasteiger partial charge in [-0.2, -0.15) is 0 Å². The number of nitrogens with one attached hydrogen (secondary N) is 1. The third kappa shape index (κ3) is 4.46. The minimum atomic E-state index is 0.353. The summed E-state index contributed by atoms with van der Waals surface area (Å²) >= 11 is 1.80. The smallest absolute Gasteiger partial charge is 0.0442 e. The zero-order valence-corrected chi connectivity index (χ0v) is 11.7. The Morgan fingerprint density at radius 1 is 1.35 bits per heavy atom. The Labute approximate surface area is 109 Å². The number of benzene rings is 1. The van der Waals surface area contributed by atoms with E-state index in [0.717, 1.165) is 19.4 Å². The molecule has 0 aliphatic rings. The van der Waals surface area contributed by atoms with Crippen molar-refractivity contribution < 1.29 is 0 Å². The molecule has 0 heterocycles. The summed E-state index contributed by atoms with van der Waals surface area (Å²) in [5.41, 5.74) is 1.37. The van der Waals surface area contributed by atoms with Crippen LogP contribution in [0.25, 0.3) is 0 Å². The Kier molecular flexibility index (Phi) is 6.84. The van der Waals surface area contributed by atoms with Gasteiger partial charge < -0.3 is 5.32 Å². The van der Waals surface area contributed by atoms with Gasteiger partial charge in [0.25, 0.3) is 0 Å². The Bertz CT molecular complexity index is 389. The summed E-state index contributed by atoms with van der Waals surface area (Å²) in [6.45, 7) is 5.13. The molecule has 1 rings (SSSR count). The van der Waals surface area contributed by atoms with Crippen molar-refractivity contribution in [1.82, 2.24) is 5.32 Å². The molecular weight excluding hydrogens is 226 g/mol. The topological polar surface area (TPSA) is 12.0 Å². The van der Waals surface area contributed by atoms with Crippen molar-refractivity contribution >= 4 is 11.8 Å². The standard InChI is InChI=1S/C15H21NS/c1-4-6-10-14(16-12-5-2)13-9-7-8-11-15(13)17-3/h7-9,11,14,16H,5,10,12H2,1-3H3. The van der Waals surface area contributed by atoms with Crippen LogP contribution in [0.4, 0.5) is 0 Å². The molecule has 92 valence electrons. The SMILES string of the molecule is CC#CCC(NCCC)c1ccccc1SC. The molecular formula is C15H21NS. The third-order valence-corrected chi connectivity index (χ3v) is 3.45. The molecule has 1 aromatic carbocycles. The van der Waals surface area contributed by atoms with Crippen molar-refractivity contribution in [2.24, 2.45) is 0 Å². The van der Waals surface area contributed by atoms with E-state index in [2.05, 4.69) is 54.6 Å². The molecule has 0 saturated heterocycles. The molecule has 0 bridgehead atoms. The first-order valence-corrected chi connectivity index (χ1v) is 7.31. The van der Waals surface area contributed by atoms with Crippen LogP contribution in [0.1, 0.15) is 38.3 Å². The predicted molar refractivity (Wildman–Crippen MR) is 77.3 cm³/mol. The number of hydrogen-bond acceptors (Lipinski definition) is 2. The molecule has 1 N–H and O–H groups in total. The van der Waals surface area contributed by atoms with Crippen LogP contribution in [0, 0.1) is 11.8 Å². The molecule has 0 fully saturated rings. The third-order valence-electron chi connectivity index (χ3n) is 2.64. The van der Waals surface area contributed by atoms with Crippen molar-refractivity contribution in [3.8, 4) is 11.8 Å². The van der Waals surface area contributed by atoms with Crippen LogP contribution in [-0.4, -0.2) is 12.8 Å². The fourth-order valence-electron chi connectivity index (χ4n) is 1.77. The van der Waals surface area contributed by atoms with E-state index in [4.69, 9.17) is 0 Å². The maximum absolute atomic E-state index is 3.58. The lowest BCUT2D eigenvalue weighted by atomic mass is 10.0. The minimum absolute atomic E-state index is 0.353. The van der Waals surface area contributed by atoms with E-state index in [9.17, 15) is 0 Å². The maximum Gasteiger partial charge on any atom is 0.0442 e. The van der Waals surface area contributed by atoms with Crippen LogP contribution in [0.5, 0.6) is 0 Å². The summed E-state index contributed by atoms with van der Waals surface area (Å²) in [6, 6.07) is 8.94. The van der Waals surface area contributed by atoms with Crippen LogP contribution in [-0.2, 0) is 0 Å². The Balaban J connectivity index is 2.88. The molecule has 1 atom stereocenters. The first-order chi connectivity index (χ1) is 8.33. The lowest BCUT2D eigenvalue weighted by Gasteiger charge is -2.19. The maximum atomic E-state index is 3.58. The zero-order chi connectivity index (χ0) is 12.5. The number of hydrogen-bond donors (Lipinski definition) is 1. The first-order valence-electron chi connectivity index (χ1n) is 6.09. The molecule has 0 aliphatic carbocycles. The van der Waals surface area contributed by atoms with Crippen molar-refractivity contribution in [3.63, 3.8) is 0 Å². The van der Waals surface area contributed by atoms with Crippen molar-refractivity contribution in [2.75, 3.05) is 12.8 Å². The molecule has 0 radical (unpaired) electrons. The fourth-order valence-corrected chi connectivity index (χ4v) is 2.43. The zero-order valence-electron chi connectivity index (χ0n) is 10.9. The molecule has 1 aromatic rings. The van der Waals surface area contributed by atoms with Gasteiger partial charge in [-0.3, -0.25) is 0 Å². The fraction of sp³-hybridized carbons (Fsp3) is 0.467. The van der Waals surface area contributed by atoms with E-state index in [1.165, 1.54) is 10.5 Å². The van der Waals surface area contributed by atoms with Crippen LogP contribution in [0.2, 0.25) is 0 Å². The van der Waals surface area contributed by atoms with Crippen LogP contribution < -0.4 is 5.32 Å². The van der Waals surface area contributed by atoms with Gasteiger partial charge in [0.15, 0.2) is 0 Å². The van der Waals surface area contributed by atoms with Gasteiger partial charge >= 0.3 is 0 Å². The van der Waals surface area contributed by atoms with Gasteiger partial charge in [0.2, 0.25) is 0 Å². The van der Waals surface area contributed by atoms with Crippen LogP contribution in [0.3, 0.4) is 0 Å².